The fourth-order valence-electron chi connectivity index (χ4n) is 0.862. The molecule has 5 nitrogen and oxygen atoms in total. The molecule has 1 aliphatic rings. The van der Waals surface area contributed by atoms with Crippen LogP contribution in [-0.2, 0) is 4.79 Å². The second-order valence-corrected chi connectivity index (χ2v) is 2.39. The van der Waals surface area contributed by atoms with E-state index in [-0.39, 0.29) is 12.3 Å². The maximum absolute atomic E-state index is 10.9. The third kappa shape index (κ3) is 2.06. The highest BCUT2D eigenvalue weighted by molar-refractivity contribution is 6.11. The SMILES string of the molecule is O=C1NC(=O)C(=CCCCO)N1. The minimum atomic E-state index is -0.491. The molecular formula is C7H10N2O3. The van der Waals surface area contributed by atoms with Gasteiger partial charge in [0.15, 0.2) is 0 Å². The third-order valence-corrected chi connectivity index (χ3v) is 1.43. The standard InChI is InChI=1S/C7H10N2O3/c10-4-2-1-3-5-6(11)9-7(12)8-5/h3,10H,1-2,4H2,(H2,8,9,11,12). The maximum atomic E-state index is 10.9. The molecular weight excluding hydrogens is 160 g/mol. The van der Waals surface area contributed by atoms with Gasteiger partial charge >= 0.3 is 6.03 Å². The molecule has 0 aromatic rings. The number of hydrogen-bond donors (Lipinski definition) is 3. The minimum absolute atomic E-state index is 0.0827. The summed E-state index contributed by atoms with van der Waals surface area (Å²) in [5.41, 5.74) is 0.272. The van der Waals surface area contributed by atoms with Gasteiger partial charge < -0.3 is 10.4 Å². The summed E-state index contributed by atoms with van der Waals surface area (Å²) in [7, 11) is 0. The van der Waals surface area contributed by atoms with E-state index >= 15 is 0 Å². The third-order valence-electron chi connectivity index (χ3n) is 1.43. The van der Waals surface area contributed by atoms with Crippen molar-refractivity contribution in [3.63, 3.8) is 0 Å². The first-order valence-corrected chi connectivity index (χ1v) is 3.67. The molecule has 0 bridgehead atoms. The molecule has 5 heteroatoms. The van der Waals surface area contributed by atoms with Gasteiger partial charge in [-0.3, -0.25) is 10.1 Å². The van der Waals surface area contributed by atoms with Crippen molar-refractivity contribution >= 4 is 11.9 Å². The van der Waals surface area contributed by atoms with Crippen LogP contribution in [0.25, 0.3) is 0 Å². The molecule has 0 spiro atoms. The molecule has 0 radical (unpaired) electrons. The summed E-state index contributed by atoms with van der Waals surface area (Å²) in [6.07, 6.45) is 2.77. The topological polar surface area (TPSA) is 78.4 Å². The Kier molecular flexibility index (Phi) is 2.82. The van der Waals surface area contributed by atoms with E-state index in [0.717, 1.165) is 0 Å². The van der Waals surface area contributed by atoms with Crippen molar-refractivity contribution in [2.24, 2.45) is 0 Å². The van der Waals surface area contributed by atoms with E-state index in [9.17, 15) is 9.59 Å². The number of carbonyl (C=O) groups excluding carboxylic acids is 2. The molecule has 1 aliphatic heterocycles. The van der Waals surface area contributed by atoms with Crippen molar-refractivity contribution < 1.29 is 14.7 Å². The van der Waals surface area contributed by atoms with Crippen molar-refractivity contribution in [1.82, 2.24) is 10.6 Å². The molecule has 0 aromatic carbocycles. The zero-order chi connectivity index (χ0) is 8.97. The normalized spacial score (nSPS) is 19.6. The largest absolute Gasteiger partial charge is 0.396 e. The number of rotatable bonds is 3. The van der Waals surface area contributed by atoms with Crippen LogP contribution in [0, 0.1) is 0 Å². The van der Waals surface area contributed by atoms with E-state index in [1.807, 2.05) is 0 Å². The molecule has 0 saturated carbocycles. The lowest BCUT2D eigenvalue weighted by Crippen LogP contribution is -2.22. The van der Waals surface area contributed by atoms with Gasteiger partial charge in [0, 0.05) is 6.61 Å². The minimum Gasteiger partial charge on any atom is -0.396 e. The van der Waals surface area contributed by atoms with Crippen LogP contribution in [0.2, 0.25) is 0 Å². The predicted octanol–water partition coefficient (Wildman–Crippen LogP) is -0.518. The highest BCUT2D eigenvalue weighted by atomic mass is 16.3. The van der Waals surface area contributed by atoms with Gasteiger partial charge in [-0.15, -0.1) is 0 Å². The Morgan fingerprint density at radius 3 is 2.58 bits per heavy atom. The first-order chi connectivity index (χ1) is 5.74. The summed E-state index contributed by atoms with van der Waals surface area (Å²) in [6.45, 7) is 0.0827. The Labute approximate surface area is 69.5 Å². The van der Waals surface area contributed by atoms with Crippen LogP contribution < -0.4 is 10.6 Å². The molecule has 3 amide bonds. The molecule has 0 atom stereocenters. The summed E-state index contributed by atoms with van der Waals surface area (Å²) in [6, 6.07) is -0.491. The van der Waals surface area contributed by atoms with E-state index in [1.54, 1.807) is 6.08 Å². The predicted molar refractivity (Wildman–Crippen MR) is 41.1 cm³/mol. The zero-order valence-corrected chi connectivity index (χ0v) is 6.46. The van der Waals surface area contributed by atoms with Crippen LogP contribution in [0.4, 0.5) is 4.79 Å². The van der Waals surface area contributed by atoms with Gasteiger partial charge in [0.25, 0.3) is 5.91 Å². The second kappa shape index (κ2) is 3.87. The smallest absolute Gasteiger partial charge is 0.326 e. The van der Waals surface area contributed by atoms with Crippen LogP contribution >= 0.6 is 0 Å². The molecule has 66 valence electrons. The fourth-order valence-corrected chi connectivity index (χ4v) is 0.862. The van der Waals surface area contributed by atoms with E-state index in [4.69, 9.17) is 5.11 Å². The monoisotopic (exact) mass is 170 g/mol. The fraction of sp³-hybridized carbons (Fsp3) is 0.429. The zero-order valence-electron chi connectivity index (χ0n) is 6.46. The number of allylic oxidation sites excluding steroid dienone is 1. The highest BCUT2D eigenvalue weighted by Crippen LogP contribution is 2.00. The Hall–Kier alpha value is -1.36. The van der Waals surface area contributed by atoms with Gasteiger partial charge in [0.1, 0.15) is 5.70 Å². The Morgan fingerprint density at radius 1 is 1.33 bits per heavy atom. The number of aliphatic hydroxyl groups excluding tert-OH is 1. The number of amides is 3. The second-order valence-electron chi connectivity index (χ2n) is 2.39. The first-order valence-electron chi connectivity index (χ1n) is 3.67. The first kappa shape index (κ1) is 8.73. The quantitative estimate of drug-likeness (QED) is 0.303. The number of unbranched alkanes of at least 4 members (excludes halogenated alkanes) is 1. The molecule has 1 heterocycles. The number of imide groups is 1. The molecule has 12 heavy (non-hydrogen) atoms. The summed E-state index contributed by atoms with van der Waals surface area (Å²) in [5, 5.41) is 12.9. The van der Waals surface area contributed by atoms with Gasteiger partial charge in [0.2, 0.25) is 0 Å². The molecule has 3 N–H and O–H groups in total. The van der Waals surface area contributed by atoms with Crippen molar-refractivity contribution in [2.45, 2.75) is 12.8 Å². The van der Waals surface area contributed by atoms with Crippen LogP contribution in [0.15, 0.2) is 11.8 Å². The average Bonchev–Trinajstić information content (AvgIpc) is 2.31. The van der Waals surface area contributed by atoms with E-state index in [1.165, 1.54) is 0 Å². The summed E-state index contributed by atoms with van der Waals surface area (Å²) in [5.74, 6) is -0.405. The van der Waals surface area contributed by atoms with E-state index in [2.05, 4.69) is 10.6 Å². The Balaban J connectivity index is 2.46. The molecule has 0 aliphatic carbocycles. The van der Waals surface area contributed by atoms with E-state index in [0.29, 0.717) is 12.8 Å². The summed E-state index contributed by atoms with van der Waals surface area (Å²) >= 11 is 0. The van der Waals surface area contributed by atoms with E-state index < -0.39 is 11.9 Å². The summed E-state index contributed by atoms with van der Waals surface area (Å²) < 4.78 is 0. The number of carbonyl (C=O) groups is 2. The molecule has 1 fully saturated rings. The average molecular weight is 170 g/mol. The maximum Gasteiger partial charge on any atom is 0.326 e. The number of aliphatic hydroxyl groups is 1. The van der Waals surface area contributed by atoms with Gasteiger partial charge in [-0.05, 0) is 12.8 Å². The van der Waals surface area contributed by atoms with Crippen molar-refractivity contribution in [3.8, 4) is 0 Å². The van der Waals surface area contributed by atoms with Crippen LogP contribution in [0.3, 0.4) is 0 Å². The van der Waals surface area contributed by atoms with Crippen molar-refractivity contribution in [1.29, 1.82) is 0 Å². The Bertz CT molecular complexity index is 235. The van der Waals surface area contributed by atoms with Crippen LogP contribution in [0.1, 0.15) is 12.8 Å². The summed E-state index contributed by atoms with van der Waals surface area (Å²) in [4.78, 5) is 21.4. The molecule has 0 aromatic heterocycles. The van der Waals surface area contributed by atoms with Gasteiger partial charge in [-0.2, -0.15) is 0 Å². The molecule has 1 rings (SSSR count). The lowest BCUT2D eigenvalue weighted by molar-refractivity contribution is -0.115. The highest BCUT2D eigenvalue weighted by Gasteiger charge is 2.21. The molecule has 1 saturated heterocycles. The van der Waals surface area contributed by atoms with Gasteiger partial charge in [-0.25, -0.2) is 4.79 Å². The van der Waals surface area contributed by atoms with Crippen molar-refractivity contribution in [3.05, 3.63) is 11.8 Å². The Morgan fingerprint density at radius 2 is 2.08 bits per heavy atom. The lowest BCUT2D eigenvalue weighted by Gasteiger charge is -1.92. The van der Waals surface area contributed by atoms with Crippen molar-refractivity contribution in [2.75, 3.05) is 6.61 Å². The lowest BCUT2D eigenvalue weighted by atomic mass is 10.2. The number of nitrogens with one attached hydrogen (secondary N) is 2. The number of hydrogen-bond acceptors (Lipinski definition) is 3. The number of urea groups is 1. The van der Waals surface area contributed by atoms with Crippen LogP contribution in [0.5, 0.6) is 0 Å². The van der Waals surface area contributed by atoms with Gasteiger partial charge in [-0.1, -0.05) is 6.08 Å². The molecule has 0 unspecified atom stereocenters. The van der Waals surface area contributed by atoms with Crippen LogP contribution in [-0.4, -0.2) is 23.7 Å². The van der Waals surface area contributed by atoms with Gasteiger partial charge in [0.05, 0.1) is 0 Å².